The van der Waals surface area contributed by atoms with Crippen molar-refractivity contribution in [3.63, 3.8) is 0 Å². The molecule has 0 N–H and O–H groups in total. The van der Waals surface area contributed by atoms with E-state index in [2.05, 4.69) is 4.98 Å². The van der Waals surface area contributed by atoms with Crippen molar-refractivity contribution in [3.05, 3.63) is 29.1 Å². The maximum Gasteiger partial charge on any atom is 0.158 e. The van der Waals surface area contributed by atoms with Crippen LogP contribution in [-0.4, -0.2) is 11.2 Å². The first-order valence-electron chi connectivity index (χ1n) is 5.28. The van der Waals surface area contributed by atoms with Crippen LogP contribution in [0.1, 0.15) is 42.9 Å². The van der Waals surface area contributed by atoms with Crippen LogP contribution in [0.25, 0.3) is 0 Å². The highest BCUT2D eigenvalue weighted by atomic mass is 19.2. The lowest BCUT2D eigenvalue weighted by Gasteiger charge is -2.15. The van der Waals surface area contributed by atoms with E-state index in [-0.39, 0.29) is 6.42 Å². The van der Waals surface area contributed by atoms with Gasteiger partial charge in [-0.15, -0.1) is 0 Å². The predicted molar refractivity (Wildman–Crippen MR) is 57.4 cm³/mol. The third-order valence-corrected chi connectivity index (χ3v) is 2.45. The molecule has 0 aromatic carbocycles. The Bertz CT molecular complexity index is 325. The lowest BCUT2D eigenvalue weighted by atomic mass is 10.0. The lowest BCUT2D eigenvalue weighted by Crippen LogP contribution is -2.11. The summed E-state index contributed by atoms with van der Waals surface area (Å²) < 4.78 is 27.1. The minimum absolute atomic E-state index is 0.258. The van der Waals surface area contributed by atoms with Gasteiger partial charge in [0.05, 0.1) is 0 Å². The van der Waals surface area contributed by atoms with Crippen LogP contribution in [-0.2, 0) is 0 Å². The maximum atomic E-state index is 13.7. The lowest BCUT2D eigenvalue weighted by molar-refractivity contribution is 0.157. The molecule has 0 aliphatic carbocycles. The van der Waals surface area contributed by atoms with E-state index in [9.17, 15) is 8.78 Å². The van der Waals surface area contributed by atoms with E-state index in [4.69, 9.17) is 0 Å². The second kappa shape index (κ2) is 5.19. The molecular weight excluding hydrogens is 196 g/mol. The molecular formula is C12H17F2N. The van der Waals surface area contributed by atoms with Crippen molar-refractivity contribution in [3.8, 4) is 0 Å². The van der Waals surface area contributed by atoms with E-state index >= 15 is 0 Å². The van der Waals surface area contributed by atoms with Crippen LogP contribution < -0.4 is 0 Å². The molecule has 0 aliphatic rings. The van der Waals surface area contributed by atoms with Gasteiger partial charge >= 0.3 is 0 Å². The predicted octanol–water partition coefficient (Wildman–Crippen LogP) is 3.85. The second-order valence-corrected chi connectivity index (χ2v) is 3.83. The van der Waals surface area contributed by atoms with Gasteiger partial charge < -0.3 is 0 Å². The molecule has 0 bridgehead atoms. The summed E-state index contributed by atoms with van der Waals surface area (Å²) >= 11 is 0. The van der Waals surface area contributed by atoms with Crippen LogP contribution in [0, 0.1) is 13.8 Å². The van der Waals surface area contributed by atoms with Gasteiger partial charge in [-0.2, -0.15) is 0 Å². The molecule has 0 amide bonds. The Balaban J connectivity index is 2.86. The first-order chi connectivity index (χ1) is 7.06. The SMILES string of the molecule is CCCC(F)C(F)c1ccc(C)nc1C. The Morgan fingerprint density at radius 3 is 2.47 bits per heavy atom. The number of alkyl halides is 2. The Hall–Kier alpha value is -0.990. The van der Waals surface area contributed by atoms with Gasteiger partial charge in [-0.3, -0.25) is 4.98 Å². The number of hydrogen-bond acceptors (Lipinski definition) is 1. The number of aryl methyl sites for hydroxylation is 2. The average Bonchev–Trinajstić information content (AvgIpc) is 2.17. The summed E-state index contributed by atoms with van der Waals surface area (Å²) in [5.74, 6) is 0. The molecule has 1 rings (SSSR count). The molecule has 84 valence electrons. The summed E-state index contributed by atoms with van der Waals surface area (Å²) in [7, 11) is 0. The highest BCUT2D eigenvalue weighted by molar-refractivity contribution is 5.24. The minimum Gasteiger partial charge on any atom is -0.258 e. The van der Waals surface area contributed by atoms with Crippen LogP contribution in [0.2, 0.25) is 0 Å². The number of nitrogens with zero attached hydrogens (tertiary/aromatic N) is 1. The number of pyridine rings is 1. The standard InChI is InChI=1S/C12H17F2N/c1-4-5-11(13)12(14)10-7-6-8(2)15-9(10)3/h6-7,11-12H,4-5H2,1-3H3. The number of aromatic nitrogens is 1. The van der Waals surface area contributed by atoms with Crippen molar-refractivity contribution in [2.75, 3.05) is 0 Å². The summed E-state index contributed by atoms with van der Waals surface area (Å²) in [5, 5.41) is 0. The van der Waals surface area contributed by atoms with E-state index < -0.39 is 12.3 Å². The fourth-order valence-corrected chi connectivity index (χ4v) is 1.61. The molecule has 3 heteroatoms. The third kappa shape index (κ3) is 2.98. The summed E-state index contributed by atoms with van der Waals surface area (Å²) in [4.78, 5) is 4.13. The molecule has 1 aromatic heterocycles. The van der Waals surface area contributed by atoms with Gasteiger partial charge in [-0.1, -0.05) is 19.4 Å². The van der Waals surface area contributed by atoms with E-state index in [1.165, 1.54) is 0 Å². The molecule has 2 atom stereocenters. The van der Waals surface area contributed by atoms with E-state index in [1.54, 1.807) is 19.1 Å². The molecule has 1 nitrogen and oxygen atoms in total. The van der Waals surface area contributed by atoms with E-state index in [0.717, 1.165) is 5.69 Å². The molecule has 0 radical (unpaired) electrons. The monoisotopic (exact) mass is 213 g/mol. The van der Waals surface area contributed by atoms with E-state index in [0.29, 0.717) is 17.7 Å². The zero-order chi connectivity index (χ0) is 11.4. The van der Waals surface area contributed by atoms with Gasteiger partial charge in [0, 0.05) is 17.0 Å². The van der Waals surface area contributed by atoms with Gasteiger partial charge in [0.15, 0.2) is 6.17 Å². The zero-order valence-electron chi connectivity index (χ0n) is 9.43. The van der Waals surface area contributed by atoms with Gasteiger partial charge in [0.25, 0.3) is 0 Å². The molecule has 15 heavy (non-hydrogen) atoms. The molecule has 1 heterocycles. The molecule has 0 saturated heterocycles. The highest BCUT2D eigenvalue weighted by Gasteiger charge is 2.23. The largest absolute Gasteiger partial charge is 0.258 e. The highest BCUT2D eigenvalue weighted by Crippen LogP contribution is 2.28. The van der Waals surface area contributed by atoms with Crippen LogP contribution in [0.3, 0.4) is 0 Å². The molecule has 2 unspecified atom stereocenters. The van der Waals surface area contributed by atoms with Crippen LogP contribution in [0.15, 0.2) is 12.1 Å². The van der Waals surface area contributed by atoms with Crippen molar-refractivity contribution in [2.45, 2.75) is 46.0 Å². The average molecular weight is 213 g/mol. The summed E-state index contributed by atoms with van der Waals surface area (Å²) in [6, 6.07) is 3.35. The fraction of sp³-hybridized carbons (Fsp3) is 0.583. The second-order valence-electron chi connectivity index (χ2n) is 3.83. The van der Waals surface area contributed by atoms with Crippen LogP contribution in [0.4, 0.5) is 8.78 Å². The summed E-state index contributed by atoms with van der Waals surface area (Å²) in [5.41, 5.74) is 1.79. The molecule has 0 fully saturated rings. The van der Waals surface area contributed by atoms with Crippen LogP contribution in [0.5, 0.6) is 0 Å². The minimum atomic E-state index is -1.54. The topological polar surface area (TPSA) is 12.9 Å². The van der Waals surface area contributed by atoms with Crippen molar-refractivity contribution >= 4 is 0 Å². The first kappa shape index (κ1) is 12.1. The third-order valence-electron chi connectivity index (χ3n) is 2.45. The maximum absolute atomic E-state index is 13.7. The first-order valence-corrected chi connectivity index (χ1v) is 5.28. The van der Waals surface area contributed by atoms with Crippen LogP contribution >= 0.6 is 0 Å². The smallest absolute Gasteiger partial charge is 0.158 e. The normalized spacial score (nSPS) is 15.0. The number of rotatable bonds is 4. The Morgan fingerprint density at radius 2 is 1.93 bits per heavy atom. The fourth-order valence-electron chi connectivity index (χ4n) is 1.61. The van der Waals surface area contributed by atoms with Crippen molar-refractivity contribution in [2.24, 2.45) is 0 Å². The van der Waals surface area contributed by atoms with Crippen molar-refractivity contribution < 1.29 is 8.78 Å². The summed E-state index contributed by atoms with van der Waals surface area (Å²) in [6.07, 6.45) is -2.05. The summed E-state index contributed by atoms with van der Waals surface area (Å²) in [6.45, 7) is 5.40. The van der Waals surface area contributed by atoms with Gasteiger partial charge in [0.2, 0.25) is 0 Å². The molecule has 0 aliphatic heterocycles. The van der Waals surface area contributed by atoms with E-state index in [1.807, 2.05) is 13.8 Å². The molecule has 0 spiro atoms. The van der Waals surface area contributed by atoms with Crippen molar-refractivity contribution in [1.82, 2.24) is 4.98 Å². The number of hydrogen-bond donors (Lipinski definition) is 0. The number of halogens is 2. The van der Waals surface area contributed by atoms with Crippen molar-refractivity contribution in [1.29, 1.82) is 0 Å². The van der Waals surface area contributed by atoms with Gasteiger partial charge in [-0.25, -0.2) is 8.78 Å². The Kier molecular flexibility index (Phi) is 4.18. The van der Waals surface area contributed by atoms with Gasteiger partial charge in [0.1, 0.15) is 6.17 Å². The quantitative estimate of drug-likeness (QED) is 0.740. The Labute approximate surface area is 89.5 Å². The zero-order valence-corrected chi connectivity index (χ0v) is 9.43. The molecule has 0 saturated carbocycles. The Morgan fingerprint density at radius 1 is 1.27 bits per heavy atom. The molecule has 1 aromatic rings. The van der Waals surface area contributed by atoms with Gasteiger partial charge in [-0.05, 0) is 26.3 Å².